The van der Waals surface area contributed by atoms with Crippen LogP contribution >= 0.6 is 0 Å². The molecule has 6 heteroatoms. The SMILES string of the molecule is CCCCCCCCCC(=O)N(CCCCN1CCOCC1)CCCCN1CCOCC1. The number of ether oxygens (including phenoxy) is 2. The van der Waals surface area contributed by atoms with Crippen molar-refractivity contribution in [3.05, 3.63) is 0 Å². The zero-order valence-corrected chi connectivity index (χ0v) is 21.0. The second-order valence-corrected chi connectivity index (χ2v) is 9.57. The largest absolute Gasteiger partial charge is 0.379 e. The first kappa shape index (κ1) is 27.6. The van der Waals surface area contributed by atoms with Crippen molar-refractivity contribution in [2.75, 3.05) is 78.8 Å². The average Bonchev–Trinajstić information content (AvgIpc) is 2.83. The zero-order chi connectivity index (χ0) is 22.7. The molecule has 2 saturated heterocycles. The predicted octanol–water partition coefficient (Wildman–Crippen LogP) is 4.18. The summed E-state index contributed by atoms with van der Waals surface area (Å²) in [6.45, 7) is 14.1. The van der Waals surface area contributed by atoms with E-state index in [2.05, 4.69) is 21.6 Å². The van der Waals surface area contributed by atoms with Gasteiger partial charge in [-0.15, -0.1) is 0 Å². The Morgan fingerprint density at radius 3 is 1.62 bits per heavy atom. The summed E-state index contributed by atoms with van der Waals surface area (Å²) < 4.78 is 10.9. The van der Waals surface area contributed by atoms with E-state index in [9.17, 15) is 4.79 Å². The Bertz CT molecular complexity index is 426. The fourth-order valence-electron chi connectivity index (χ4n) is 4.68. The Morgan fingerprint density at radius 1 is 0.656 bits per heavy atom. The quantitative estimate of drug-likeness (QED) is 0.291. The zero-order valence-electron chi connectivity index (χ0n) is 21.0. The summed E-state index contributed by atoms with van der Waals surface area (Å²) in [5.74, 6) is 0.385. The highest BCUT2D eigenvalue weighted by molar-refractivity contribution is 5.76. The summed E-state index contributed by atoms with van der Waals surface area (Å²) in [6, 6.07) is 0. The lowest BCUT2D eigenvalue weighted by Gasteiger charge is -2.28. The van der Waals surface area contributed by atoms with Crippen LogP contribution in [0.4, 0.5) is 0 Å². The molecule has 0 aromatic heterocycles. The van der Waals surface area contributed by atoms with E-state index in [1.54, 1.807) is 0 Å². The highest BCUT2D eigenvalue weighted by Gasteiger charge is 2.15. The molecule has 0 spiro atoms. The van der Waals surface area contributed by atoms with Crippen LogP contribution in [0.2, 0.25) is 0 Å². The van der Waals surface area contributed by atoms with E-state index >= 15 is 0 Å². The summed E-state index contributed by atoms with van der Waals surface area (Å²) in [6.07, 6.45) is 14.2. The highest BCUT2D eigenvalue weighted by atomic mass is 16.5. The molecular formula is C26H51N3O3. The molecule has 2 fully saturated rings. The maximum atomic E-state index is 12.9. The molecule has 2 aliphatic rings. The molecule has 1 amide bonds. The normalized spacial score (nSPS) is 18.2. The minimum absolute atomic E-state index is 0.385. The maximum absolute atomic E-state index is 12.9. The number of nitrogens with zero attached hydrogens (tertiary/aromatic N) is 3. The van der Waals surface area contributed by atoms with E-state index in [0.717, 1.165) is 104 Å². The molecule has 0 saturated carbocycles. The molecule has 0 aromatic carbocycles. The van der Waals surface area contributed by atoms with E-state index in [-0.39, 0.29) is 0 Å². The van der Waals surface area contributed by atoms with Crippen LogP contribution in [0.5, 0.6) is 0 Å². The summed E-state index contributed by atoms with van der Waals surface area (Å²) in [5.41, 5.74) is 0. The second kappa shape index (κ2) is 18.7. The van der Waals surface area contributed by atoms with Crippen LogP contribution in [-0.4, -0.2) is 99.4 Å². The number of morpholine rings is 2. The van der Waals surface area contributed by atoms with Crippen molar-refractivity contribution in [2.24, 2.45) is 0 Å². The summed E-state index contributed by atoms with van der Waals surface area (Å²) in [5, 5.41) is 0. The summed E-state index contributed by atoms with van der Waals surface area (Å²) in [4.78, 5) is 20.1. The van der Waals surface area contributed by atoms with E-state index in [4.69, 9.17) is 9.47 Å². The van der Waals surface area contributed by atoms with Crippen molar-refractivity contribution in [3.63, 3.8) is 0 Å². The Labute approximate surface area is 198 Å². The lowest BCUT2D eigenvalue weighted by Crippen LogP contribution is -2.38. The number of hydrogen-bond acceptors (Lipinski definition) is 5. The molecule has 0 aliphatic carbocycles. The van der Waals surface area contributed by atoms with Crippen molar-refractivity contribution in [3.8, 4) is 0 Å². The van der Waals surface area contributed by atoms with Crippen LogP contribution in [0, 0.1) is 0 Å². The number of carbonyl (C=O) groups excluding carboxylic acids is 1. The minimum atomic E-state index is 0.385. The van der Waals surface area contributed by atoms with E-state index < -0.39 is 0 Å². The van der Waals surface area contributed by atoms with Gasteiger partial charge in [0.15, 0.2) is 0 Å². The van der Waals surface area contributed by atoms with Crippen molar-refractivity contribution in [1.82, 2.24) is 14.7 Å². The number of amides is 1. The fraction of sp³-hybridized carbons (Fsp3) is 0.962. The van der Waals surface area contributed by atoms with Gasteiger partial charge in [-0.3, -0.25) is 14.6 Å². The number of hydrogen-bond donors (Lipinski definition) is 0. The van der Waals surface area contributed by atoms with Gasteiger partial charge in [0.1, 0.15) is 0 Å². The molecule has 6 nitrogen and oxygen atoms in total. The Kier molecular flexibility index (Phi) is 16.1. The summed E-state index contributed by atoms with van der Waals surface area (Å²) in [7, 11) is 0. The van der Waals surface area contributed by atoms with E-state index in [1.165, 1.54) is 51.4 Å². The topological polar surface area (TPSA) is 45.2 Å². The van der Waals surface area contributed by atoms with Gasteiger partial charge in [-0.05, 0) is 45.2 Å². The third kappa shape index (κ3) is 13.1. The Balaban J connectivity index is 1.62. The van der Waals surface area contributed by atoms with Crippen molar-refractivity contribution in [2.45, 2.75) is 84.0 Å². The van der Waals surface area contributed by atoms with Gasteiger partial charge in [0.05, 0.1) is 26.4 Å². The highest BCUT2D eigenvalue weighted by Crippen LogP contribution is 2.11. The van der Waals surface area contributed by atoms with Gasteiger partial charge in [-0.1, -0.05) is 45.4 Å². The first-order valence-electron chi connectivity index (χ1n) is 13.7. The van der Waals surface area contributed by atoms with Crippen LogP contribution in [0.3, 0.4) is 0 Å². The fourth-order valence-corrected chi connectivity index (χ4v) is 4.68. The van der Waals surface area contributed by atoms with Crippen molar-refractivity contribution < 1.29 is 14.3 Å². The molecule has 32 heavy (non-hydrogen) atoms. The van der Waals surface area contributed by atoms with E-state index in [0.29, 0.717) is 5.91 Å². The van der Waals surface area contributed by atoms with Gasteiger partial charge in [-0.2, -0.15) is 0 Å². The molecule has 188 valence electrons. The second-order valence-electron chi connectivity index (χ2n) is 9.57. The predicted molar refractivity (Wildman–Crippen MR) is 132 cm³/mol. The third-order valence-corrected chi connectivity index (χ3v) is 6.86. The first-order chi connectivity index (χ1) is 15.8. The summed E-state index contributed by atoms with van der Waals surface area (Å²) >= 11 is 0. The van der Waals surface area contributed by atoms with Crippen LogP contribution < -0.4 is 0 Å². The van der Waals surface area contributed by atoms with Crippen LogP contribution in [0.15, 0.2) is 0 Å². The van der Waals surface area contributed by atoms with Gasteiger partial charge in [0.2, 0.25) is 5.91 Å². The molecule has 0 N–H and O–H groups in total. The van der Waals surface area contributed by atoms with Gasteiger partial charge < -0.3 is 14.4 Å². The standard InChI is InChI=1S/C26H51N3O3/c1-2-3-4-5-6-7-8-13-26(30)29(16-11-9-14-27-18-22-31-23-19-27)17-12-10-15-28-20-24-32-25-21-28/h2-25H2,1H3. The maximum Gasteiger partial charge on any atom is 0.222 e. The monoisotopic (exact) mass is 453 g/mol. The average molecular weight is 454 g/mol. The lowest BCUT2D eigenvalue weighted by atomic mass is 10.1. The van der Waals surface area contributed by atoms with Crippen LogP contribution in [0.25, 0.3) is 0 Å². The first-order valence-corrected chi connectivity index (χ1v) is 13.7. The van der Waals surface area contributed by atoms with Gasteiger partial charge in [0, 0.05) is 45.7 Å². The molecule has 0 bridgehead atoms. The molecule has 2 heterocycles. The van der Waals surface area contributed by atoms with Crippen LogP contribution in [-0.2, 0) is 14.3 Å². The molecular weight excluding hydrogens is 402 g/mol. The smallest absolute Gasteiger partial charge is 0.222 e. The molecule has 2 aliphatic heterocycles. The molecule has 0 atom stereocenters. The number of carbonyl (C=O) groups is 1. The number of rotatable bonds is 18. The van der Waals surface area contributed by atoms with Crippen LogP contribution in [0.1, 0.15) is 84.0 Å². The van der Waals surface area contributed by atoms with Gasteiger partial charge in [0.25, 0.3) is 0 Å². The molecule has 0 radical (unpaired) electrons. The molecule has 0 aromatic rings. The molecule has 2 rings (SSSR count). The van der Waals surface area contributed by atoms with E-state index in [1.807, 2.05) is 0 Å². The minimum Gasteiger partial charge on any atom is -0.379 e. The number of unbranched alkanes of at least 4 members (excludes halogenated alkanes) is 8. The Hall–Kier alpha value is -0.690. The van der Waals surface area contributed by atoms with Crippen molar-refractivity contribution >= 4 is 5.91 Å². The Morgan fingerprint density at radius 2 is 1.12 bits per heavy atom. The van der Waals surface area contributed by atoms with Gasteiger partial charge >= 0.3 is 0 Å². The molecule has 0 unspecified atom stereocenters. The van der Waals surface area contributed by atoms with Crippen molar-refractivity contribution in [1.29, 1.82) is 0 Å². The third-order valence-electron chi connectivity index (χ3n) is 6.86. The lowest BCUT2D eigenvalue weighted by molar-refractivity contribution is -0.131. The van der Waals surface area contributed by atoms with Gasteiger partial charge in [-0.25, -0.2) is 0 Å².